The number of nitriles is 1. The van der Waals surface area contributed by atoms with Gasteiger partial charge in [0.2, 0.25) is 0 Å². The van der Waals surface area contributed by atoms with Crippen LogP contribution in [0.5, 0.6) is 0 Å². The summed E-state index contributed by atoms with van der Waals surface area (Å²) in [6, 6.07) is 7.04. The van der Waals surface area contributed by atoms with Gasteiger partial charge in [0.25, 0.3) is 0 Å². The van der Waals surface area contributed by atoms with E-state index < -0.39 is 11.7 Å². The molecule has 0 aliphatic rings. The van der Waals surface area contributed by atoms with Gasteiger partial charge in [0.1, 0.15) is 0 Å². The number of hydrogen-bond acceptors (Lipinski definition) is 2. The number of anilines is 1. The van der Waals surface area contributed by atoms with Crippen LogP contribution < -0.4 is 5.32 Å². The molecule has 0 unspecified atom stereocenters. The first-order chi connectivity index (χ1) is 9.40. The molecule has 3 nitrogen and oxygen atoms in total. The summed E-state index contributed by atoms with van der Waals surface area (Å²) in [6.07, 6.45) is -0.851. The van der Waals surface area contributed by atoms with Crippen LogP contribution in [0, 0.1) is 11.3 Å². The van der Waals surface area contributed by atoms with Gasteiger partial charge in [-0.05, 0) is 29.8 Å². The van der Waals surface area contributed by atoms with E-state index in [-0.39, 0.29) is 17.8 Å². The molecule has 0 aliphatic carbocycles. The summed E-state index contributed by atoms with van der Waals surface area (Å²) >= 11 is 0. The number of alkyl halides is 3. The van der Waals surface area contributed by atoms with E-state index in [1.807, 2.05) is 30.1 Å². The first-order valence-corrected chi connectivity index (χ1v) is 5.86. The zero-order valence-corrected chi connectivity index (χ0v) is 10.7. The molecule has 2 rings (SSSR count). The lowest BCUT2D eigenvalue weighted by atomic mass is 10.1. The van der Waals surface area contributed by atoms with Gasteiger partial charge in [-0.3, -0.25) is 0 Å². The molecule has 0 atom stereocenters. The number of nitrogens with zero attached hydrogens (tertiary/aromatic N) is 2. The quantitative estimate of drug-likeness (QED) is 0.933. The molecule has 2 aromatic rings. The van der Waals surface area contributed by atoms with Crippen LogP contribution in [0.4, 0.5) is 18.9 Å². The lowest BCUT2D eigenvalue weighted by molar-refractivity contribution is -0.137. The second-order valence-corrected chi connectivity index (χ2v) is 4.41. The van der Waals surface area contributed by atoms with Crippen LogP contribution in [0.2, 0.25) is 0 Å². The summed E-state index contributed by atoms with van der Waals surface area (Å²) in [6.45, 7) is 0.288. The van der Waals surface area contributed by atoms with Crippen LogP contribution in [0.25, 0.3) is 0 Å². The molecule has 0 bridgehead atoms. The minimum absolute atomic E-state index is 0.0115. The molecule has 1 aromatic heterocycles. The van der Waals surface area contributed by atoms with Crippen molar-refractivity contribution in [1.82, 2.24) is 4.57 Å². The van der Waals surface area contributed by atoms with Crippen LogP contribution in [0.1, 0.15) is 16.7 Å². The molecule has 1 heterocycles. The van der Waals surface area contributed by atoms with Crippen molar-refractivity contribution >= 4 is 5.69 Å². The molecular formula is C14H12F3N3. The zero-order valence-electron chi connectivity index (χ0n) is 10.7. The van der Waals surface area contributed by atoms with E-state index in [4.69, 9.17) is 5.26 Å². The minimum atomic E-state index is -4.49. The smallest absolute Gasteiger partial charge is 0.380 e. The number of nitrogens with one attached hydrogen (secondary N) is 1. The Hall–Kier alpha value is -2.42. The second kappa shape index (κ2) is 5.29. The molecule has 0 radical (unpaired) electrons. The molecule has 0 aliphatic heterocycles. The summed E-state index contributed by atoms with van der Waals surface area (Å²) in [5.74, 6) is 0. The SMILES string of the molecule is Cn1ccc(CNc2ccc(C#N)cc2C(F)(F)F)c1. The molecule has 20 heavy (non-hydrogen) atoms. The number of aromatic nitrogens is 1. The first kappa shape index (κ1) is 14.0. The number of halogens is 3. The Morgan fingerprint density at radius 3 is 2.60 bits per heavy atom. The molecule has 1 aromatic carbocycles. The predicted molar refractivity (Wildman–Crippen MR) is 68.9 cm³/mol. The van der Waals surface area contributed by atoms with E-state index in [2.05, 4.69) is 5.32 Å². The summed E-state index contributed by atoms with van der Waals surface area (Å²) in [7, 11) is 1.84. The van der Waals surface area contributed by atoms with E-state index in [0.717, 1.165) is 11.6 Å². The van der Waals surface area contributed by atoms with Gasteiger partial charge in [-0.15, -0.1) is 0 Å². The minimum Gasteiger partial charge on any atom is -0.380 e. The standard InChI is InChI=1S/C14H12F3N3/c1-20-5-4-11(9-20)8-19-13-3-2-10(7-18)6-12(13)14(15,16)17/h2-6,9,19H,8H2,1H3. The maximum Gasteiger partial charge on any atom is 0.418 e. The van der Waals surface area contributed by atoms with Gasteiger partial charge in [-0.2, -0.15) is 18.4 Å². The highest BCUT2D eigenvalue weighted by Gasteiger charge is 2.33. The molecule has 0 amide bonds. The van der Waals surface area contributed by atoms with Gasteiger partial charge >= 0.3 is 6.18 Å². The molecule has 104 valence electrons. The molecule has 0 spiro atoms. The monoisotopic (exact) mass is 279 g/mol. The summed E-state index contributed by atoms with van der Waals surface area (Å²) in [5.41, 5.74) is 0.0143. The van der Waals surface area contributed by atoms with Gasteiger partial charge in [0.05, 0.1) is 17.2 Å². The van der Waals surface area contributed by atoms with Gasteiger partial charge < -0.3 is 9.88 Å². The molecule has 0 saturated heterocycles. The predicted octanol–water partition coefficient (Wildman–Crippen LogP) is 3.53. The van der Waals surface area contributed by atoms with Gasteiger partial charge in [-0.25, -0.2) is 0 Å². The number of hydrogen-bond donors (Lipinski definition) is 1. The average Bonchev–Trinajstić information content (AvgIpc) is 2.81. The third-order valence-electron chi connectivity index (χ3n) is 2.83. The molecular weight excluding hydrogens is 267 g/mol. The van der Waals surface area contributed by atoms with Crippen molar-refractivity contribution in [2.45, 2.75) is 12.7 Å². The maximum absolute atomic E-state index is 12.9. The molecule has 0 saturated carbocycles. The molecule has 0 fully saturated rings. The van der Waals surface area contributed by atoms with Crippen molar-refractivity contribution in [2.75, 3.05) is 5.32 Å². The Labute approximate surface area is 114 Å². The third kappa shape index (κ3) is 3.12. The molecule has 6 heteroatoms. The lowest BCUT2D eigenvalue weighted by Crippen LogP contribution is -2.11. The maximum atomic E-state index is 12.9. The lowest BCUT2D eigenvalue weighted by Gasteiger charge is -2.14. The highest BCUT2D eigenvalue weighted by atomic mass is 19.4. The van der Waals surface area contributed by atoms with Crippen molar-refractivity contribution in [2.24, 2.45) is 7.05 Å². The van der Waals surface area contributed by atoms with Crippen LogP contribution >= 0.6 is 0 Å². The van der Waals surface area contributed by atoms with Crippen molar-refractivity contribution in [1.29, 1.82) is 5.26 Å². The fraction of sp³-hybridized carbons (Fsp3) is 0.214. The van der Waals surface area contributed by atoms with Crippen LogP contribution in [-0.4, -0.2) is 4.57 Å². The Kier molecular flexibility index (Phi) is 3.70. The zero-order chi connectivity index (χ0) is 14.8. The highest BCUT2D eigenvalue weighted by Crippen LogP contribution is 2.35. The topological polar surface area (TPSA) is 40.8 Å². The van der Waals surface area contributed by atoms with Crippen molar-refractivity contribution in [3.63, 3.8) is 0 Å². The summed E-state index contributed by atoms with van der Waals surface area (Å²) in [4.78, 5) is 0. The Morgan fingerprint density at radius 2 is 2.05 bits per heavy atom. The number of benzene rings is 1. The Balaban J connectivity index is 2.25. The van der Waals surface area contributed by atoms with E-state index in [1.54, 1.807) is 6.07 Å². The number of aryl methyl sites for hydroxylation is 1. The van der Waals surface area contributed by atoms with E-state index in [9.17, 15) is 13.2 Å². The van der Waals surface area contributed by atoms with Crippen molar-refractivity contribution < 1.29 is 13.2 Å². The Bertz CT molecular complexity index is 650. The fourth-order valence-corrected chi connectivity index (χ4v) is 1.87. The third-order valence-corrected chi connectivity index (χ3v) is 2.83. The van der Waals surface area contributed by atoms with E-state index >= 15 is 0 Å². The van der Waals surface area contributed by atoms with Gasteiger partial charge in [0.15, 0.2) is 0 Å². The van der Waals surface area contributed by atoms with Gasteiger partial charge in [0, 0.05) is 31.7 Å². The average molecular weight is 279 g/mol. The Morgan fingerprint density at radius 1 is 1.30 bits per heavy atom. The normalized spacial score (nSPS) is 11.2. The summed E-state index contributed by atoms with van der Waals surface area (Å²) in [5, 5.41) is 11.4. The van der Waals surface area contributed by atoms with Gasteiger partial charge in [-0.1, -0.05) is 0 Å². The van der Waals surface area contributed by atoms with Crippen LogP contribution in [-0.2, 0) is 19.8 Å². The van der Waals surface area contributed by atoms with Crippen LogP contribution in [0.3, 0.4) is 0 Å². The molecule has 1 N–H and O–H groups in total. The first-order valence-electron chi connectivity index (χ1n) is 5.86. The van der Waals surface area contributed by atoms with E-state index in [0.29, 0.717) is 0 Å². The van der Waals surface area contributed by atoms with Crippen molar-refractivity contribution in [3.8, 4) is 6.07 Å². The number of rotatable bonds is 3. The largest absolute Gasteiger partial charge is 0.418 e. The van der Waals surface area contributed by atoms with Crippen molar-refractivity contribution in [3.05, 3.63) is 53.3 Å². The second-order valence-electron chi connectivity index (χ2n) is 4.41. The van der Waals surface area contributed by atoms with Crippen LogP contribution in [0.15, 0.2) is 36.7 Å². The summed E-state index contributed by atoms with van der Waals surface area (Å²) < 4.78 is 40.6. The van der Waals surface area contributed by atoms with E-state index in [1.165, 1.54) is 12.1 Å². The highest BCUT2D eigenvalue weighted by molar-refractivity contribution is 5.56. The fourth-order valence-electron chi connectivity index (χ4n) is 1.87.